The van der Waals surface area contributed by atoms with Crippen molar-refractivity contribution in [3.05, 3.63) is 24.3 Å². The van der Waals surface area contributed by atoms with Crippen LogP contribution in [0.2, 0.25) is 0 Å². The largest absolute Gasteiger partial charge is 0.233 e. The van der Waals surface area contributed by atoms with Crippen LogP contribution in [0.3, 0.4) is 0 Å². The molecule has 0 spiro atoms. The molecule has 5 aliphatic rings. The van der Waals surface area contributed by atoms with Gasteiger partial charge in [-0.2, -0.15) is 0 Å². The SMILES string of the molecule is C[C@H](C=C[C@@H](C)C1(C)COO1)[C@H]1CC[C@H]2[C@@H]3C=CC4CCCC[C@]4(C)[C@H]3CC[C@]12C. The van der Waals surface area contributed by atoms with Crippen LogP contribution in [0.25, 0.3) is 0 Å². The lowest BCUT2D eigenvalue weighted by atomic mass is 9.46. The topological polar surface area (TPSA) is 18.5 Å². The van der Waals surface area contributed by atoms with Crippen molar-refractivity contribution in [2.75, 3.05) is 6.61 Å². The van der Waals surface area contributed by atoms with Crippen LogP contribution in [0.4, 0.5) is 0 Å². The van der Waals surface area contributed by atoms with Gasteiger partial charge < -0.3 is 0 Å². The zero-order chi connectivity index (χ0) is 21.1. The van der Waals surface area contributed by atoms with Crippen molar-refractivity contribution in [3.63, 3.8) is 0 Å². The van der Waals surface area contributed by atoms with Crippen LogP contribution in [0.5, 0.6) is 0 Å². The Morgan fingerprint density at radius 2 is 1.63 bits per heavy atom. The van der Waals surface area contributed by atoms with Crippen molar-refractivity contribution >= 4 is 0 Å². The summed E-state index contributed by atoms with van der Waals surface area (Å²) < 4.78 is 0. The quantitative estimate of drug-likeness (QED) is 0.355. The van der Waals surface area contributed by atoms with Gasteiger partial charge in [-0.3, -0.25) is 0 Å². The summed E-state index contributed by atoms with van der Waals surface area (Å²) in [5, 5.41) is 0. The van der Waals surface area contributed by atoms with E-state index in [4.69, 9.17) is 9.78 Å². The first-order chi connectivity index (χ1) is 14.3. The van der Waals surface area contributed by atoms with Crippen LogP contribution >= 0.6 is 0 Å². The third-order valence-corrected chi connectivity index (χ3v) is 11.0. The van der Waals surface area contributed by atoms with E-state index >= 15 is 0 Å². The van der Waals surface area contributed by atoms with Gasteiger partial charge in [0.15, 0.2) is 0 Å². The Balaban J connectivity index is 1.32. The second kappa shape index (κ2) is 7.48. The van der Waals surface area contributed by atoms with Crippen molar-refractivity contribution in [2.24, 2.45) is 52.3 Å². The zero-order valence-corrected chi connectivity index (χ0v) is 20.0. The fourth-order valence-corrected chi connectivity index (χ4v) is 8.69. The minimum absolute atomic E-state index is 0.130. The van der Waals surface area contributed by atoms with Crippen LogP contribution in [-0.2, 0) is 9.78 Å². The van der Waals surface area contributed by atoms with Crippen molar-refractivity contribution in [3.8, 4) is 0 Å². The van der Waals surface area contributed by atoms with E-state index in [-0.39, 0.29) is 5.60 Å². The van der Waals surface area contributed by atoms with Crippen LogP contribution in [0.1, 0.15) is 86.0 Å². The Morgan fingerprint density at radius 3 is 2.37 bits per heavy atom. The maximum absolute atomic E-state index is 5.40. The molecule has 5 rings (SSSR count). The van der Waals surface area contributed by atoms with E-state index in [2.05, 4.69) is 58.9 Å². The summed E-state index contributed by atoms with van der Waals surface area (Å²) in [6, 6.07) is 0. The summed E-state index contributed by atoms with van der Waals surface area (Å²) in [5.41, 5.74) is 0.962. The molecule has 0 amide bonds. The van der Waals surface area contributed by atoms with E-state index in [1.54, 1.807) is 0 Å². The van der Waals surface area contributed by atoms with Crippen molar-refractivity contribution in [1.82, 2.24) is 0 Å². The molecule has 1 aliphatic heterocycles. The number of hydrogen-bond acceptors (Lipinski definition) is 2. The molecule has 1 saturated heterocycles. The molecule has 3 saturated carbocycles. The Labute approximate surface area is 184 Å². The van der Waals surface area contributed by atoms with Gasteiger partial charge in [0.1, 0.15) is 12.2 Å². The van der Waals surface area contributed by atoms with Crippen LogP contribution in [0.15, 0.2) is 24.3 Å². The van der Waals surface area contributed by atoms with Gasteiger partial charge in [0.25, 0.3) is 0 Å². The highest BCUT2D eigenvalue weighted by molar-refractivity contribution is 5.18. The summed E-state index contributed by atoms with van der Waals surface area (Å²) in [6.45, 7) is 12.9. The Hall–Kier alpha value is -0.600. The highest BCUT2D eigenvalue weighted by Gasteiger charge is 2.58. The molecule has 1 heterocycles. The molecule has 0 bridgehead atoms. The van der Waals surface area contributed by atoms with Crippen molar-refractivity contribution < 1.29 is 9.78 Å². The molecular weight excluding hydrogens is 368 g/mol. The predicted molar refractivity (Wildman–Crippen MR) is 123 cm³/mol. The monoisotopic (exact) mass is 412 g/mol. The van der Waals surface area contributed by atoms with Gasteiger partial charge in [0.2, 0.25) is 0 Å². The lowest BCUT2D eigenvalue weighted by Crippen LogP contribution is -2.51. The second-order valence-corrected chi connectivity index (χ2v) is 12.5. The lowest BCUT2D eigenvalue weighted by molar-refractivity contribution is -0.474. The van der Waals surface area contributed by atoms with E-state index in [1.807, 2.05) is 0 Å². The molecule has 4 aliphatic carbocycles. The molecule has 0 aromatic rings. The second-order valence-electron chi connectivity index (χ2n) is 12.5. The number of rotatable bonds is 4. The van der Waals surface area contributed by atoms with Gasteiger partial charge in [-0.15, -0.1) is 0 Å². The Kier molecular flexibility index (Phi) is 5.30. The van der Waals surface area contributed by atoms with Gasteiger partial charge in [-0.05, 0) is 91.8 Å². The molecule has 0 aromatic carbocycles. The molecule has 4 fully saturated rings. The van der Waals surface area contributed by atoms with Gasteiger partial charge in [0.05, 0.1) is 0 Å². The first-order valence-corrected chi connectivity index (χ1v) is 13.0. The fraction of sp³-hybridized carbons (Fsp3) is 0.857. The summed E-state index contributed by atoms with van der Waals surface area (Å²) in [5.74, 6) is 5.40. The zero-order valence-electron chi connectivity index (χ0n) is 20.0. The average Bonchev–Trinajstić information content (AvgIpc) is 3.06. The van der Waals surface area contributed by atoms with Crippen LogP contribution < -0.4 is 0 Å². The minimum Gasteiger partial charge on any atom is -0.233 e. The van der Waals surface area contributed by atoms with E-state index in [0.717, 1.165) is 29.6 Å². The summed E-state index contributed by atoms with van der Waals surface area (Å²) in [7, 11) is 0. The smallest absolute Gasteiger partial charge is 0.133 e. The fourth-order valence-electron chi connectivity index (χ4n) is 8.69. The standard InChI is InChI=1S/C28H44O2/c1-19(9-10-20(2)28(5)18-29-30-28)23-13-14-24-22-12-11-21-8-6-7-16-26(21,3)25(22)15-17-27(23,24)4/h9-12,19-25H,6-8,13-18H2,1-5H3/t19-,20-,21?,22+,23-,24+,25+,26+,27-,28?/m1/s1. The van der Waals surface area contributed by atoms with Gasteiger partial charge in [-0.25, -0.2) is 9.78 Å². The van der Waals surface area contributed by atoms with Gasteiger partial charge in [-0.1, -0.05) is 64.8 Å². The molecule has 2 nitrogen and oxygen atoms in total. The first kappa shape index (κ1) is 21.3. The van der Waals surface area contributed by atoms with E-state index in [0.29, 0.717) is 29.3 Å². The lowest BCUT2D eigenvalue weighted by Gasteiger charge is -2.58. The molecule has 0 aromatic heterocycles. The highest BCUT2D eigenvalue weighted by Crippen LogP contribution is 2.66. The maximum atomic E-state index is 5.40. The summed E-state index contributed by atoms with van der Waals surface area (Å²) in [4.78, 5) is 10.4. The molecular formula is C28H44O2. The maximum Gasteiger partial charge on any atom is 0.133 e. The molecule has 2 unspecified atom stereocenters. The number of fused-ring (bicyclic) bond motifs is 5. The Bertz CT molecular complexity index is 705. The van der Waals surface area contributed by atoms with Crippen molar-refractivity contribution in [2.45, 2.75) is 91.6 Å². The van der Waals surface area contributed by atoms with E-state index in [9.17, 15) is 0 Å². The van der Waals surface area contributed by atoms with E-state index in [1.165, 1.54) is 51.4 Å². The van der Waals surface area contributed by atoms with Crippen LogP contribution in [-0.4, -0.2) is 12.2 Å². The van der Waals surface area contributed by atoms with E-state index < -0.39 is 0 Å². The molecule has 0 radical (unpaired) electrons. The minimum atomic E-state index is -0.130. The molecule has 168 valence electrons. The Morgan fingerprint density at radius 1 is 0.867 bits per heavy atom. The third-order valence-electron chi connectivity index (χ3n) is 11.0. The normalized spacial score (nSPS) is 52.2. The first-order valence-electron chi connectivity index (χ1n) is 13.0. The average molecular weight is 413 g/mol. The number of hydrogen-bond donors (Lipinski definition) is 0. The summed E-state index contributed by atoms with van der Waals surface area (Å²) in [6.07, 6.45) is 21.9. The molecule has 0 N–H and O–H groups in total. The van der Waals surface area contributed by atoms with Crippen LogP contribution in [0, 0.1) is 52.3 Å². The molecule has 10 atom stereocenters. The summed E-state index contributed by atoms with van der Waals surface area (Å²) >= 11 is 0. The van der Waals surface area contributed by atoms with Crippen molar-refractivity contribution in [1.29, 1.82) is 0 Å². The van der Waals surface area contributed by atoms with Gasteiger partial charge in [0, 0.05) is 5.92 Å². The van der Waals surface area contributed by atoms with Gasteiger partial charge >= 0.3 is 0 Å². The number of allylic oxidation sites excluding steroid dienone is 3. The molecule has 2 heteroatoms. The third kappa shape index (κ3) is 3.11. The highest BCUT2D eigenvalue weighted by atomic mass is 17.2. The predicted octanol–water partition coefficient (Wildman–Crippen LogP) is 7.36. The molecule has 30 heavy (non-hydrogen) atoms.